The molecule has 0 aromatic heterocycles. The molecule has 0 aliphatic carbocycles. The van der Waals surface area contributed by atoms with Gasteiger partial charge >= 0.3 is 0 Å². The lowest BCUT2D eigenvalue weighted by molar-refractivity contribution is 0.611. The van der Waals surface area contributed by atoms with Gasteiger partial charge in [0.05, 0.1) is 0 Å². The van der Waals surface area contributed by atoms with Gasteiger partial charge in [0.2, 0.25) is 0 Å². The molecular formula is C15H26. The van der Waals surface area contributed by atoms with E-state index in [2.05, 4.69) is 37.3 Å². The molecule has 86 valence electrons. The van der Waals surface area contributed by atoms with E-state index in [4.69, 9.17) is 0 Å². The van der Waals surface area contributed by atoms with Gasteiger partial charge in [-0.2, -0.15) is 0 Å². The molecule has 0 aromatic rings. The van der Waals surface area contributed by atoms with Gasteiger partial charge in [0.25, 0.3) is 0 Å². The van der Waals surface area contributed by atoms with Crippen molar-refractivity contribution in [1.82, 2.24) is 0 Å². The standard InChI is InChI=1S/C15H26/c1-3-5-7-9-11-13-15-14-12-10-8-6-4-2/h3,5,7,9,11,13H,4,6,8,10,12,14-15H2,1-2H3. The highest BCUT2D eigenvalue weighted by Crippen LogP contribution is 2.06. The third-order valence-corrected chi connectivity index (χ3v) is 2.39. The summed E-state index contributed by atoms with van der Waals surface area (Å²) in [5, 5.41) is 0. The molecule has 0 rings (SSSR count). The Morgan fingerprint density at radius 2 is 1.40 bits per heavy atom. The monoisotopic (exact) mass is 206 g/mol. The summed E-state index contributed by atoms with van der Waals surface area (Å²) in [4.78, 5) is 0. The molecule has 0 spiro atoms. The molecule has 0 N–H and O–H groups in total. The van der Waals surface area contributed by atoms with Gasteiger partial charge in [-0.05, 0) is 19.8 Å². The first-order valence-electron chi connectivity index (χ1n) is 6.36. The molecule has 0 nitrogen and oxygen atoms in total. The van der Waals surface area contributed by atoms with Crippen LogP contribution in [0.1, 0.15) is 58.8 Å². The highest BCUT2D eigenvalue weighted by molar-refractivity contribution is 5.10. The largest absolute Gasteiger partial charge is 0.0877 e. The van der Waals surface area contributed by atoms with Gasteiger partial charge in [-0.3, -0.25) is 0 Å². The highest BCUT2D eigenvalue weighted by Gasteiger charge is 1.87. The maximum Gasteiger partial charge on any atom is -0.0348 e. The SMILES string of the molecule is CC=CC=CC=CCCCCCCCC. The molecular weight excluding hydrogens is 180 g/mol. The minimum Gasteiger partial charge on any atom is -0.0877 e. The fraction of sp³-hybridized carbons (Fsp3) is 0.600. The van der Waals surface area contributed by atoms with E-state index in [1.165, 1.54) is 44.9 Å². The van der Waals surface area contributed by atoms with Crippen LogP contribution in [0.5, 0.6) is 0 Å². The van der Waals surface area contributed by atoms with E-state index in [0.29, 0.717) is 0 Å². The van der Waals surface area contributed by atoms with Gasteiger partial charge < -0.3 is 0 Å². The van der Waals surface area contributed by atoms with Crippen molar-refractivity contribution in [3.05, 3.63) is 36.5 Å². The lowest BCUT2D eigenvalue weighted by Crippen LogP contribution is -1.77. The van der Waals surface area contributed by atoms with Crippen LogP contribution in [0.15, 0.2) is 36.5 Å². The molecule has 0 unspecified atom stereocenters. The second kappa shape index (κ2) is 13.2. The minimum absolute atomic E-state index is 1.23. The summed E-state index contributed by atoms with van der Waals surface area (Å²) in [7, 11) is 0. The van der Waals surface area contributed by atoms with Gasteiger partial charge in [-0.1, -0.05) is 75.5 Å². The van der Waals surface area contributed by atoms with Crippen molar-refractivity contribution in [2.75, 3.05) is 0 Å². The predicted molar refractivity (Wildman–Crippen MR) is 71.1 cm³/mol. The number of hydrogen-bond donors (Lipinski definition) is 0. The van der Waals surface area contributed by atoms with Gasteiger partial charge in [0, 0.05) is 0 Å². The Kier molecular flexibility index (Phi) is 12.5. The van der Waals surface area contributed by atoms with E-state index in [-0.39, 0.29) is 0 Å². The van der Waals surface area contributed by atoms with Crippen LogP contribution in [-0.2, 0) is 0 Å². The van der Waals surface area contributed by atoms with Crippen molar-refractivity contribution in [3.8, 4) is 0 Å². The van der Waals surface area contributed by atoms with Gasteiger partial charge in [-0.25, -0.2) is 0 Å². The van der Waals surface area contributed by atoms with Crippen molar-refractivity contribution in [3.63, 3.8) is 0 Å². The Balaban J connectivity index is 3.16. The van der Waals surface area contributed by atoms with E-state index in [1.807, 2.05) is 13.0 Å². The summed E-state index contributed by atoms with van der Waals surface area (Å²) >= 11 is 0. The van der Waals surface area contributed by atoms with Crippen LogP contribution in [0.4, 0.5) is 0 Å². The molecule has 0 aliphatic rings. The van der Waals surface area contributed by atoms with Crippen LogP contribution >= 0.6 is 0 Å². The predicted octanol–water partition coefficient (Wildman–Crippen LogP) is 5.43. The first-order valence-corrected chi connectivity index (χ1v) is 6.36. The quantitative estimate of drug-likeness (QED) is 0.349. The Labute approximate surface area is 95.8 Å². The molecule has 0 saturated heterocycles. The topological polar surface area (TPSA) is 0 Å². The summed E-state index contributed by atoms with van der Waals surface area (Å²) in [5.41, 5.74) is 0. The van der Waals surface area contributed by atoms with Crippen molar-refractivity contribution < 1.29 is 0 Å². The molecule has 0 atom stereocenters. The van der Waals surface area contributed by atoms with E-state index in [0.717, 1.165) is 0 Å². The van der Waals surface area contributed by atoms with Crippen LogP contribution in [0.25, 0.3) is 0 Å². The molecule has 0 fully saturated rings. The normalized spacial score (nSPS) is 12.4. The van der Waals surface area contributed by atoms with E-state index >= 15 is 0 Å². The second-order valence-electron chi connectivity index (χ2n) is 3.90. The molecule has 0 aromatic carbocycles. The smallest absolute Gasteiger partial charge is 0.0348 e. The Morgan fingerprint density at radius 1 is 0.733 bits per heavy atom. The Morgan fingerprint density at radius 3 is 2.13 bits per heavy atom. The summed E-state index contributed by atoms with van der Waals surface area (Å²) in [6.45, 7) is 4.30. The van der Waals surface area contributed by atoms with Crippen molar-refractivity contribution >= 4 is 0 Å². The Hall–Kier alpha value is -0.780. The fourth-order valence-electron chi connectivity index (χ4n) is 1.46. The molecule has 0 saturated carbocycles. The van der Waals surface area contributed by atoms with E-state index < -0.39 is 0 Å². The maximum absolute atomic E-state index is 2.26. The van der Waals surface area contributed by atoms with Crippen LogP contribution < -0.4 is 0 Å². The molecule has 0 amide bonds. The van der Waals surface area contributed by atoms with Crippen LogP contribution in [0, 0.1) is 0 Å². The number of hydrogen-bond acceptors (Lipinski definition) is 0. The average molecular weight is 206 g/mol. The molecule has 15 heavy (non-hydrogen) atoms. The first kappa shape index (κ1) is 14.2. The molecule has 0 aliphatic heterocycles. The number of unbranched alkanes of at least 4 members (excludes halogenated alkanes) is 6. The van der Waals surface area contributed by atoms with Crippen molar-refractivity contribution in [1.29, 1.82) is 0 Å². The zero-order valence-electron chi connectivity index (χ0n) is 10.4. The van der Waals surface area contributed by atoms with Crippen LogP contribution in [0.3, 0.4) is 0 Å². The summed E-state index contributed by atoms with van der Waals surface area (Å²) in [6.07, 6.45) is 22.2. The van der Waals surface area contributed by atoms with Crippen molar-refractivity contribution in [2.45, 2.75) is 58.8 Å². The average Bonchev–Trinajstić information content (AvgIpc) is 2.26. The number of allylic oxidation sites excluding steroid dienone is 6. The molecule has 0 radical (unpaired) electrons. The van der Waals surface area contributed by atoms with Gasteiger partial charge in [0.1, 0.15) is 0 Å². The van der Waals surface area contributed by atoms with Crippen LogP contribution in [0.2, 0.25) is 0 Å². The fourth-order valence-corrected chi connectivity index (χ4v) is 1.46. The molecule has 0 bridgehead atoms. The lowest BCUT2D eigenvalue weighted by Gasteiger charge is -1.97. The zero-order valence-corrected chi connectivity index (χ0v) is 10.4. The van der Waals surface area contributed by atoms with E-state index in [9.17, 15) is 0 Å². The highest BCUT2D eigenvalue weighted by atomic mass is 13.9. The lowest BCUT2D eigenvalue weighted by atomic mass is 10.1. The Bertz CT molecular complexity index is 184. The second-order valence-corrected chi connectivity index (χ2v) is 3.90. The summed E-state index contributed by atoms with van der Waals surface area (Å²) in [5.74, 6) is 0. The number of rotatable bonds is 9. The first-order chi connectivity index (χ1) is 7.41. The third kappa shape index (κ3) is 13.2. The summed E-state index contributed by atoms with van der Waals surface area (Å²) < 4.78 is 0. The van der Waals surface area contributed by atoms with Crippen LogP contribution in [-0.4, -0.2) is 0 Å². The minimum atomic E-state index is 1.23. The van der Waals surface area contributed by atoms with E-state index in [1.54, 1.807) is 0 Å². The van der Waals surface area contributed by atoms with Crippen molar-refractivity contribution in [2.24, 2.45) is 0 Å². The van der Waals surface area contributed by atoms with Gasteiger partial charge in [-0.15, -0.1) is 0 Å². The molecule has 0 heterocycles. The van der Waals surface area contributed by atoms with Gasteiger partial charge in [0.15, 0.2) is 0 Å². The molecule has 0 heteroatoms. The maximum atomic E-state index is 2.26. The zero-order chi connectivity index (χ0) is 11.2. The third-order valence-electron chi connectivity index (χ3n) is 2.39. The summed E-state index contributed by atoms with van der Waals surface area (Å²) in [6, 6.07) is 0.